The molecule has 1 aliphatic heterocycles. The number of carbonyl (C=O) groups is 1. The van der Waals surface area contributed by atoms with E-state index in [1.807, 2.05) is 51.1 Å². The zero-order valence-corrected chi connectivity index (χ0v) is 18.6. The first-order valence-electron chi connectivity index (χ1n) is 9.47. The predicted octanol–water partition coefficient (Wildman–Crippen LogP) is 0.121. The van der Waals surface area contributed by atoms with Crippen LogP contribution < -0.4 is 24.0 Å². The van der Waals surface area contributed by atoms with Gasteiger partial charge < -0.3 is 10.1 Å². The average molecular weight is 452 g/mol. The summed E-state index contributed by atoms with van der Waals surface area (Å²) in [5, 5.41) is 3.02. The molecule has 0 aromatic heterocycles. The normalized spacial score (nSPS) is 13.3. The Labute approximate surface area is 183 Å². The van der Waals surface area contributed by atoms with E-state index in [9.17, 15) is 4.79 Å². The van der Waals surface area contributed by atoms with Crippen LogP contribution in [-0.2, 0) is 0 Å². The van der Waals surface area contributed by atoms with Crippen LogP contribution in [0.2, 0.25) is 0 Å². The van der Waals surface area contributed by atoms with E-state index in [4.69, 9.17) is 23.4 Å². The van der Waals surface area contributed by atoms with Gasteiger partial charge in [-0.1, -0.05) is 30.3 Å². The Morgan fingerprint density at radius 3 is 2.26 bits per heavy atom. The van der Waals surface area contributed by atoms with Crippen molar-refractivity contribution in [2.45, 2.75) is 27.7 Å². The largest absolute Gasteiger partial charge is 0.485 e. The number of amidine groups is 1. The third-order valence-corrected chi connectivity index (χ3v) is 4.80. The molecule has 0 saturated heterocycles. The maximum Gasteiger partial charge on any atom is 0.327 e. The number of aliphatic imine (C=N–C) groups is 1. The van der Waals surface area contributed by atoms with Gasteiger partial charge in [0.15, 0.2) is 0 Å². The van der Waals surface area contributed by atoms with Crippen LogP contribution in [0.3, 0.4) is 0 Å². The molecule has 9 nitrogen and oxygen atoms in total. The van der Waals surface area contributed by atoms with Crippen LogP contribution in [0.15, 0.2) is 41.4 Å². The number of urea groups is 1. The zero-order valence-electron chi connectivity index (χ0n) is 17.8. The lowest BCUT2D eigenvalue weighted by Crippen LogP contribution is -2.58. The second kappa shape index (κ2) is 10.6. The van der Waals surface area contributed by atoms with E-state index < -0.39 is 10.2 Å². The number of amides is 2. The molecule has 2 aromatic carbocycles. The lowest BCUT2D eigenvalue weighted by molar-refractivity contribution is -1.92. The summed E-state index contributed by atoms with van der Waals surface area (Å²) < 4.78 is 38.6. The maximum absolute atomic E-state index is 12.7. The van der Waals surface area contributed by atoms with Gasteiger partial charge in [-0.2, -0.15) is 14.0 Å². The summed E-state index contributed by atoms with van der Waals surface area (Å²) in [4.78, 5) is 18.9. The smallest absolute Gasteiger partial charge is 0.327 e. The highest BCUT2D eigenvalue weighted by molar-refractivity contribution is 6.05. The second-order valence-corrected chi connectivity index (χ2v) is 7.82. The molecule has 31 heavy (non-hydrogen) atoms. The van der Waals surface area contributed by atoms with Crippen molar-refractivity contribution in [3.05, 3.63) is 58.7 Å². The number of hydrogen-bond acceptors (Lipinski definition) is 7. The Morgan fingerprint density at radius 1 is 1.10 bits per heavy atom. The number of carbonyl (C=O) groups excluding carboxylic acids is 1. The van der Waals surface area contributed by atoms with Crippen LogP contribution in [-0.4, -0.2) is 41.1 Å². The summed E-state index contributed by atoms with van der Waals surface area (Å²) in [7, 11) is -4.69. The molecule has 1 heterocycles. The Balaban J connectivity index is 0.000000614. The van der Waals surface area contributed by atoms with Crippen LogP contribution in [0, 0.1) is 37.9 Å². The molecule has 168 valence electrons. The molecule has 0 saturated carbocycles. The first kappa shape index (κ1) is 24.6. The molecule has 2 aromatic rings. The first-order valence-corrected chi connectivity index (χ1v) is 10.7. The Morgan fingerprint density at radius 2 is 1.65 bits per heavy atom. The van der Waals surface area contributed by atoms with Crippen molar-refractivity contribution in [3.63, 3.8) is 0 Å². The van der Waals surface area contributed by atoms with E-state index in [2.05, 4.69) is 23.3 Å². The summed E-state index contributed by atoms with van der Waals surface area (Å²) in [6.07, 6.45) is 0. The fourth-order valence-corrected chi connectivity index (χ4v) is 3.04. The molecule has 0 aliphatic carbocycles. The van der Waals surface area contributed by atoms with Crippen molar-refractivity contribution in [1.82, 2.24) is 4.90 Å². The Bertz CT molecular complexity index is 932. The second-order valence-electron chi connectivity index (χ2n) is 7.03. The molecule has 0 atom stereocenters. The van der Waals surface area contributed by atoms with E-state index in [0.29, 0.717) is 18.9 Å². The van der Waals surface area contributed by atoms with Crippen molar-refractivity contribution in [2.24, 2.45) is 4.99 Å². The van der Waals surface area contributed by atoms with Gasteiger partial charge in [0.25, 0.3) is 0 Å². The van der Waals surface area contributed by atoms with E-state index in [-0.39, 0.29) is 12.6 Å². The molecular weight excluding hydrogens is 426 g/mol. The van der Waals surface area contributed by atoms with Crippen molar-refractivity contribution < 1.29 is 38.4 Å². The van der Waals surface area contributed by atoms with E-state index in [1.54, 1.807) is 4.90 Å². The van der Waals surface area contributed by atoms with Gasteiger partial charge in [0.1, 0.15) is 18.2 Å². The van der Waals surface area contributed by atoms with Crippen LogP contribution in [0.5, 0.6) is 5.75 Å². The third kappa shape index (κ3) is 7.50. The standard InChI is InChI=1S/C21H25N3O2.ClHO4/c1-14-7-6-10-18(17(14)4)26-13-19-22-11-12-24(19)21(25)23-20-15(2)8-5-9-16(20)3;2-1(3,4)5/h5-10H,11-13H2,1-4H3,(H,23,25);(H,2,3,4,5). The number of anilines is 1. The van der Waals surface area contributed by atoms with Gasteiger partial charge in [-0.05, 0) is 56.0 Å². The SMILES string of the molecule is Cc1cccc(OCC2=NCCN2C(=O)Nc2c(C)cccc2C)c1C.[O-][Cl+3]([O-])([O-])O. The molecule has 2 N–H and O–H groups in total. The number of para-hydroxylation sites is 1. The Hall–Kier alpha value is -2.69. The summed E-state index contributed by atoms with van der Waals surface area (Å²) in [5.74, 6) is 1.49. The average Bonchev–Trinajstić information content (AvgIpc) is 3.13. The molecule has 0 spiro atoms. The first-order chi connectivity index (χ1) is 14.5. The van der Waals surface area contributed by atoms with Gasteiger partial charge in [-0.15, -0.1) is 0 Å². The monoisotopic (exact) mass is 451 g/mol. The predicted molar refractivity (Wildman–Crippen MR) is 108 cm³/mol. The molecule has 0 bridgehead atoms. The molecule has 0 radical (unpaired) electrons. The van der Waals surface area contributed by atoms with E-state index >= 15 is 0 Å². The molecule has 3 rings (SSSR count). The third-order valence-electron chi connectivity index (χ3n) is 4.80. The quantitative estimate of drug-likeness (QED) is 0.675. The fraction of sp³-hybridized carbons (Fsp3) is 0.333. The lowest BCUT2D eigenvalue weighted by atomic mass is 10.1. The van der Waals surface area contributed by atoms with Gasteiger partial charge in [-0.3, -0.25) is 9.89 Å². The highest BCUT2D eigenvalue weighted by Gasteiger charge is 2.25. The number of aryl methyl sites for hydroxylation is 3. The van der Waals surface area contributed by atoms with Gasteiger partial charge in [-0.25, -0.2) is 4.79 Å². The molecule has 2 amide bonds. The number of hydrogen-bond donors (Lipinski definition) is 2. The molecule has 0 unspecified atom stereocenters. The van der Waals surface area contributed by atoms with Gasteiger partial charge >= 0.3 is 6.03 Å². The number of halogens is 1. The maximum atomic E-state index is 12.7. The summed E-state index contributed by atoms with van der Waals surface area (Å²) >= 11 is 0. The number of benzene rings is 2. The van der Waals surface area contributed by atoms with Crippen molar-refractivity contribution in [1.29, 1.82) is 0 Å². The van der Waals surface area contributed by atoms with Crippen LogP contribution in [0.25, 0.3) is 0 Å². The molecule has 0 fully saturated rings. The van der Waals surface area contributed by atoms with Crippen LogP contribution >= 0.6 is 0 Å². The van der Waals surface area contributed by atoms with E-state index in [1.165, 1.54) is 5.56 Å². The van der Waals surface area contributed by atoms with Gasteiger partial charge in [0, 0.05) is 12.2 Å². The molecular formula is C21H26ClN3O6. The lowest BCUT2D eigenvalue weighted by Gasteiger charge is -2.21. The number of nitrogens with zero attached hydrogens (tertiary/aromatic N) is 2. The molecule has 1 aliphatic rings. The van der Waals surface area contributed by atoms with Crippen molar-refractivity contribution in [2.75, 3.05) is 25.0 Å². The minimum atomic E-state index is -4.69. The Kier molecular flexibility index (Phi) is 8.37. The van der Waals surface area contributed by atoms with Gasteiger partial charge in [0.2, 0.25) is 0 Å². The highest BCUT2D eigenvalue weighted by atomic mass is 35.7. The number of rotatable bonds is 4. The van der Waals surface area contributed by atoms with Crippen LogP contribution in [0.1, 0.15) is 22.3 Å². The van der Waals surface area contributed by atoms with Gasteiger partial charge in [0.05, 0.1) is 21.4 Å². The summed E-state index contributed by atoms with van der Waals surface area (Å²) in [5.41, 5.74) is 5.24. The number of nitrogens with one attached hydrogen (secondary N) is 1. The van der Waals surface area contributed by atoms with Crippen LogP contribution in [0.4, 0.5) is 10.5 Å². The zero-order chi connectivity index (χ0) is 23.2. The van der Waals surface area contributed by atoms with Crippen molar-refractivity contribution in [3.8, 4) is 5.75 Å². The fourth-order valence-electron chi connectivity index (χ4n) is 3.04. The summed E-state index contributed by atoms with van der Waals surface area (Å²) in [6.45, 7) is 9.53. The molecule has 10 heteroatoms. The number of ether oxygens (including phenoxy) is 1. The van der Waals surface area contributed by atoms with Crippen molar-refractivity contribution >= 4 is 17.6 Å². The topological polar surface area (TPSA) is 143 Å². The summed E-state index contributed by atoms with van der Waals surface area (Å²) in [6, 6.07) is 11.8. The highest BCUT2D eigenvalue weighted by Crippen LogP contribution is 2.22. The minimum Gasteiger partial charge on any atom is -0.485 e. The minimum absolute atomic E-state index is 0.164. The van der Waals surface area contributed by atoms with E-state index in [0.717, 1.165) is 28.1 Å².